The van der Waals surface area contributed by atoms with Gasteiger partial charge < -0.3 is 14.5 Å². The van der Waals surface area contributed by atoms with Crippen LogP contribution in [0.5, 0.6) is 5.75 Å². The predicted octanol–water partition coefficient (Wildman–Crippen LogP) is 2.53. The molecule has 0 aliphatic carbocycles. The highest BCUT2D eigenvalue weighted by molar-refractivity contribution is 5.97. The number of benzene rings is 1. The normalized spacial score (nSPS) is 14.8. The van der Waals surface area contributed by atoms with E-state index in [0.29, 0.717) is 43.3 Å². The van der Waals surface area contributed by atoms with E-state index in [2.05, 4.69) is 0 Å². The van der Waals surface area contributed by atoms with E-state index in [1.807, 2.05) is 49.6 Å². The fourth-order valence-corrected chi connectivity index (χ4v) is 4.10. The van der Waals surface area contributed by atoms with Crippen molar-refractivity contribution in [1.29, 1.82) is 0 Å². The van der Waals surface area contributed by atoms with E-state index in [1.165, 1.54) is 4.57 Å². The number of hydrogen-bond acceptors (Lipinski definition) is 5. The Labute approximate surface area is 182 Å². The number of nitrogens with zero attached hydrogens (tertiary/aromatic N) is 4. The van der Waals surface area contributed by atoms with Crippen molar-refractivity contribution in [3.05, 3.63) is 56.7 Å². The quantitative estimate of drug-likeness (QED) is 0.732. The van der Waals surface area contributed by atoms with Crippen LogP contribution in [0.25, 0.3) is 0 Å². The highest BCUT2D eigenvalue weighted by Crippen LogP contribution is 2.22. The molecule has 0 N–H and O–H groups in total. The Morgan fingerprint density at radius 2 is 1.61 bits per heavy atom. The fourth-order valence-electron chi connectivity index (χ4n) is 4.10. The van der Waals surface area contributed by atoms with Gasteiger partial charge in [0.15, 0.2) is 0 Å². The Bertz CT molecular complexity index is 1050. The van der Waals surface area contributed by atoms with Gasteiger partial charge in [-0.2, -0.15) is 0 Å². The Hall–Kier alpha value is -3.03. The summed E-state index contributed by atoms with van der Waals surface area (Å²) in [6, 6.07) is 8.46. The molecule has 0 unspecified atom stereocenters. The highest BCUT2D eigenvalue weighted by atomic mass is 16.5. The van der Waals surface area contributed by atoms with E-state index in [-0.39, 0.29) is 29.2 Å². The highest BCUT2D eigenvalue weighted by Gasteiger charge is 2.25. The van der Waals surface area contributed by atoms with Gasteiger partial charge >= 0.3 is 5.69 Å². The van der Waals surface area contributed by atoms with Crippen molar-refractivity contribution in [1.82, 2.24) is 14.0 Å². The molecule has 2 aromatic rings. The molecule has 2 heterocycles. The summed E-state index contributed by atoms with van der Waals surface area (Å²) in [7, 11) is 1.56. The predicted molar refractivity (Wildman–Crippen MR) is 121 cm³/mol. The standard InChI is InChI=1S/C23H32N4O4/c1-16(2)26-20(15-21(28)27(17(3)4)23(26)30)24-11-8-12-25(14-13-24)22(29)18-9-6-7-10-19(18)31-5/h6-7,9-10,15-17H,8,11-14H2,1-5H3. The van der Waals surface area contributed by atoms with Gasteiger partial charge in [0, 0.05) is 44.3 Å². The van der Waals surface area contributed by atoms with Gasteiger partial charge in [-0.05, 0) is 46.2 Å². The van der Waals surface area contributed by atoms with E-state index in [1.54, 1.807) is 29.9 Å². The third-order valence-electron chi connectivity index (χ3n) is 5.63. The maximum Gasteiger partial charge on any atom is 0.333 e. The minimum absolute atomic E-state index is 0.0734. The zero-order chi connectivity index (χ0) is 22.7. The summed E-state index contributed by atoms with van der Waals surface area (Å²) in [5, 5.41) is 0. The van der Waals surface area contributed by atoms with Gasteiger partial charge in [0.2, 0.25) is 0 Å². The average Bonchev–Trinajstić information content (AvgIpc) is 2.98. The molecule has 1 fully saturated rings. The molecule has 0 atom stereocenters. The van der Waals surface area contributed by atoms with Gasteiger partial charge in [-0.15, -0.1) is 0 Å². The molecule has 0 bridgehead atoms. The zero-order valence-electron chi connectivity index (χ0n) is 19.0. The van der Waals surface area contributed by atoms with Crippen LogP contribution < -0.4 is 20.9 Å². The topological polar surface area (TPSA) is 76.8 Å². The zero-order valence-corrected chi connectivity index (χ0v) is 19.0. The number of hydrogen-bond donors (Lipinski definition) is 0. The minimum atomic E-state index is -0.293. The molecule has 0 saturated carbocycles. The largest absolute Gasteiger partial charge is 0.496 e. The van der Waals surface area contributed by atoms with Gasteiger partial charge in [-0.1, -0.05) is 12.1 Å². The van der Waals surface area contributed by atoms with Crippen molar-refractivity contribution in [2.45, 2.75) is 46.2 Å². The van der Waals surface area contributed by atoms with Gasteiger partial charge in [0.1, 0.15) is 11.6 Å². The molecule has 0 radical (unpaired) electrons. The number of anilines is 1. The van der Waals surface area contributed by atoms with E-state index in [4.69, 9.17) is 4.74 Å². The average molecular weight is 429 g/mol. The summed E-state index contributed by atoms with van der Waals surface area (Å²) in [5.74, 6) is 1.10. The van der Waals surface area contributed by atoms with Gasteiger partial charge in [0.25, 0.3) is 11.5 Å². The summed E-state index contributed by atoms with van der Waals surface area (Å²) in [6.07, 6.45) is 0.737. The first-order valence-electron chi connectivity index (χ1n) is 10.8. The Morgan fingerprint density at radius 1 is 0.935 bits per heavy atom. The van der Waals surface area contributed by atoms with E-state index in [0.717, 1.165) is 6.42 Å². The molecule has 1 saturated heterocycles. The molecule has 31 heavy (non-hydrogen) atoms. The van der Waals surface area contributed by atoms with E-state index in [9.17, 15) is 14.4 Å². The number of rotatable bonds is 5. The molecule has 1 amide bonds. The molecule has 8 nitrogen and oxygen atoms in total. The lowest BCUT2D eigenvalue weighted by Gasteiger charge is -2.29. The number of aromatic nitrogens is 2. The smallest absolute Gasteiger partial charge is 0.333 e. The Morgan fingerprint density at radius 3 is 2.26 bits per heavy atom. The molecule has 8 heteroatoms. The van der Waals surface area contributed by atoms with Crippen LogP contribution >= 0.6 is 0 Å². The summed E-state index contributed by atoms with van der Waals surface area (Å²) >= 11 is 0. The molecule has 1 aromatic heterocycles. The molecule has 0 spiro atoms. The van der Waals surface area contributed by atoms with Crippen molar-refractivity contribution in [3.8, 4) is 5.75 Å². The van der Waals surface area contributed by atoms with Crippen molar-refractivity contribution < 1.29 is 9.53 Å². The van der Waals surface area contributed by atoms with Gasteiger partial charge in [0.05, 0.1) is 12.7 Å². The van der Waals surface area contributed by atoms with Crippen LogP contribution in [0.3, 0.4) is 0 Å². The van der Waals surface area contributed by atoms with Crippen LogP contribution in [0.15, 0.2) is 39.9 Å². The summed E-state index contributed by atoms with van der Waals surface area (Å²) in [5.41, 5.74) is -0.0473. The van der Waals surface area contributed by atoms with Crippen LogP contribution in [-0.4, -0.2) is 53.2 Å². The molecule has 168 valence electrons. The molecule has 1 aliphatic heterocycles. The monoisotopic (exact) mass is 428 g/mol. The van der Waals surface area contributed by atoms with Crippen molar-refractivity contribution >= 4 is 11.7 Å². The number of carbonyl (C=O) groups is 1. The number of methoxy groups -OCH3 is 1. The van der Waals surface area contributed by atoms with Gasteiger partial charge in [-0.25, -0.2) is 4.79 Å². The molecular formula is C23H32N4O4. The third-order valence-corrected chi connectivity index (χ3v) is 5.63. The van der Waals surface area contributed by atoms with Crippen molar-refractivity contribution in [3.63, 3.8) is 0 Å². The number of ether oxygens (including phenoxy) is 1. The van der Waals surface area contributed by atoms with Crippen LogP contribution in [0.4, 0.5) is 5.82 Å². The molecule has 1 aliphatic rings. The van der Waals surface area contributed by atoms with Crippen LogP contribution in [0.1, 0.15) is 56.6 Å². The molecule has 3 rings (SSSR count). The Kier molecular flexibility index (Phi) is 6.87. The maximum atomic E-state index is 13.1. The number of para-hydroxylation sites is 1. The first kappa shape index (κ1) is 22.7. The second-order valence-corrected chi connectivity index (χ2v) is 8.38. The molecule has 1 aromatic carbocycles. The Balaban J connectivity index is 1.90. The summed E-state index contributed by atoms with van der Waals surface area (Å²) in [6.45, 7) is 9.84. The lowest BCUT2D eigenvalue weighted by Crippen LogP contribution is -2.45. The van der Waals surface area contributed by atoms with E-state index < -0.39 is 0 Å². The third kappa shape index (κ3) is 4.52. The number of carbonyl (C=O) groups excluding carboxylic acids is 1. The lowest BCUT2D eigenvalue weighted by molar-refractivity contribution is 0.0763. The molecular weight excluding hydrogens is 396 g/mol. The lowest BCUT2D eigenvalue weighted by atomic mass is 10.1. The van der Waals surface area contributed by atoms with Crippen LogP contribution in [0, 0.1) is 0 Å². The maximum absolute atomic E-state index is 13.1. The van der Waals surface area contributed by atoms with Gasteiger partial charge in [-0.3, -0.25) is 18.7 Å². The van der Waals surface area contributed by atoms with Crippen molar-refractivity contribution in [2.75, 3.05) is 38.2 Å². The fraction of sp³-hybridized carbons (Fsp3) is 0.522. The first-order chi connectivity index (χ1) is 14.8. The van der Waals surface area contributed by atoms with E-state index >= 15 is 0 Å². The minimum Gasteiger partial charge on any atom is -0.496 e. The second kappa shape index (κ2) is 9.41. The first-order valence-corrected chi connectivity index (χ1v) is 10.8. The van der Waals surface area contributed by atoms with Crippen molar-refractivity contribution in [2.24, 2.45) is 0 Å². The SMILES string of the molecule is COc1ccccc1C(=O)N1CCCN(c2cc(=O)n(C(C)C)c(=O)n2C(C)C)CC1. The summed E-state index contributed by atoms with van der Waals surface area (Å²) in [4.78, 5) is 42.7. The number of amides is 1. The van der Waals surface area contributed by atoms with Crippen LogP contribution in [-0.2, 0) is 0 Å². The second-order valence-electron chi connectivity index (χ2n) is 8.38. The van der Waals surface area contributed by atoms with Crippen LogP contribution in [0.2, 0.25) is 0 Å². The summed E-state index contributed by atoms with van der Waals surface area (Å²) < 4.78 is 8.32.